The van der Waals surface area contributed by atoms with Gasteiger partial charge in [0.2, 0.25) is 0 Å². The molecule has 2 aliphatic heterocycles. The van der Waals surface area contributed by atoms with Crippen LogP contribution in [0.15, 0.2) is 0 Å². The summed E-state index contributed by atoms with van der Waals surface area (Å²) in [6.45, 7) is 14.7. The molecule has 4 nitrogen and oxygen atoms in total. The maximum absolute atomic E-state index is 6.27. The molecule has 0 radical (unpaired) electrons. The molecule has 0 N–H and O–H groups in total. The van der Waals surface area contributed by atoms with Gasteiger partial charge in [-0.2, -0.15) is 0 Å². The van der Waals surface area contributed by atoms with E-state index in [0.29, 0.717) is 0 Å². The van der Waals surface area contributed by atoms with Crippen LogP contribution < -0.4 is 0 Å². The molecule has 4 atom stereocenters. The number of hydrogen-bond donors (Lipinski definition) is 0. The van der Waals surface area contributed by atoms with Crippen molar-refractivity contribution < 1.29 is 18.6 Å². The minimum Gasteiger partial charge on any atom is -0.390 e. The van der Waals surface area contributed by atoms with Gasteiger partial charge < -0.3 is 18.6 Å². The van der Waals surface area contributed by atoms with Crippen LogP contribution in [0.4, 0.5) is 0 Å². The van der Waals surface area contributed by atoms with Gasteiger partial charge in [0.05, 0.1) is 0 Å². The number of halogens is 1. The first-order valence-corrected chi connectivity index (χ1v) is 10.1. The third kappa shape index (κ3) is 3.01. The van der Waals surface area contributed by atoms with E-state index in [1.807, 2.05) is 13.8 Å². The Bertz CT molecular complexity index is 353. The van der Waals surface area contributed by atoms with Crippen LogP contribution in [0.5, 0.6) is 0 Å². The summed E-state index contributed by atoms with van der Waals surface area (Å²) in [5.74, 6) is -0.624. The second-order valence-corrected chi connectivity index (χ2v) is 12.5. The maximum Gasteiger partial charge on any atom is 0.195 e. The van der Waals surface area contributed by atoms with Crippen molar-refractivity contribution in [2.24, 2.45) is 0 Å². The van der Waals surface area contributed by atoms with Gasteiger partial charge in [-0.25, -0.2) is 0 Å². The molecule has 0 aromatic rings. The third-order valence-corrected chi connectivity index (χ3v) is 8.96. The van der Waals surface area contributed by atoms with E-state index in [-0.39, 0.29) is 17.2 Å². The summed E-state index contributed by atoms with van der Waals surface area (Å²) in [5.41, 5.74) is -0.512. The lowest BCUT2D eigenvalue weighted by Gasteiger charge is -2.39. The number of ether oxygens (including phenoxy) is 3. The SMILES string of the molecule is CC1(C)OC2C(Cl)OC(O[Si](C)(C)C(C)(C)C)C2O1. The smallest absolute Gasteiger partial charge is 0.195 e. The van der Waals surface area contributed by atoms with Gasteiger partial charge in [0.25, 0.3) is 0 Å². The van der Waals surface area contributed by atoms with Gasteiger partial charge in [0.1, 0.15) is 12.2 Å². The normalized spacial score (nSPS) is 38.5. The minimum atomic E-state index is -1.92. The van der Waals surface area contributed by atoms with Crippen molar-refractivity contribution in [3.63, 3.8) is 0 Å². The molecule has 0 spiro atoms. The molecule has 0 saturated carbocycles. The van der Waals surface area contributed by atoms with Gasteiger partial charge in [0, 0.05) is 0 Å². The zero-order chi connectivity index (χ0) is 14.6. The third-order valence-electron chi connectivity index (χ3n) is 4.17. The van der Waals surface area contributed by atoms with Gasteiger partial charge in [-0.1, -0.05) is 32.4 Å². The van der Waals surface area contributed by atoms with Gasteiger partial charge in [0.15, 0.2) is 26.0 Å². The van der Waals surface area contributed by atoms with E-state index in [0.717, 1.165) is 0 Å². The Kier molecular flexibility index (Phi) is 3.87. The molecule has 19 heavy (non-hydrogen) atoms. The fourth-order valence-corrected chi connectivity index (χ4v) is 3.50. The lowest BCUT2D eigenvalue weighted by atomic mass is 10.2. The van der Waals surface area contributed by atoms with E-state index < -0.39 is 26.0 Å². The molecule has 2 heterocycles. The Balaban J connectivity index is 2.11. The quantitative estimate of drug-likeness (QED) is 0.578. The molecule has 2 saturated heterocycles. The Morgan fingerprint density at radius 1 is 1.11 bits per heavy atom. The highest BCUT2D eigenvalue weighted by molar-refractivity contribution is 6.74. The molecular formula is C13H25ClO4Si. The molecule has 2 fully saturated rings. The van der Waals surface area contributed by atoms with Crippen molar-refractivity contribution in [2.45, 2.75) is 82.6 Å². The first-order chi connectivity index (χ1) is 8.43. The highest BCUT2D eigenvalue weighted by atomic mass is 35.5. The lowest BCUT2D eigenvalue weighted by molar-refractivity contribution is -0.206. The molecule has 112 valence electrons. The first-order valence-electron chi connectivity index (χ1n) is 6.76. The largest absolute Gasteiger partial charge is 0.390 e. The van der Waals surface area contributed by atoms with Crippen LogP contribution in [0.3, 0.4) is 0 Å². The highest BCUT2D eigenvalue weighted by Crippen LogP contribution is 2.44. The van der Waals surface area contributed by atoms with Gasteiger partial charge >= 0.3 is 0 Å². The summed E-state index contributed by atoms with van der Waals surface area (Å²) in [6.07, 6.45) is -0.937. The average Bonchev–Trinajstić information content (AvgIpc) is 2.62. The van der Waals surface area contributed by atoms with E-state index in [1.54, 1.807) is 0 Å². The topological polar surface area (TPSA) is 36.9 Å². The van der Waals surface area contributed by atoms with Crippen molar-refractivity contribution in [1.29, 1.82) is 0 Å². The lowest BCUT2D eigenvalue weighted by Crippen LogP contribution is -2.47. The van der Waals surface area contributed by atoms with E-state index in [1.165, 1.54) is 0 Å². The molecular weight excluding hydrogens is 284 g/mol. The monoisotopic (exact) mass is 308 g/mol. The molecule has 2 rings (SSSR count). The molecule has 0 amide bonds. The van der Waals surface area contributed by atoms with Gasteiger partial charge in [-0.3, -0.25) is 0 Å². The summed E-state index contributed by atoms with van der Waals surface area (Å²) >= 11 is 6.19. The van der Waals surface area contributed by atoms with E-state index in [9.17, 15) is 0 Å². The van der Waals surface area contributed by atoms with Crippen LogP contribution in [0.25, 0.3) is 0 Å². The van der Waals surface area contributed by atoms with Gasteiger partial charge in [-0.15, -0.1) is 0 Å². The summed E-state index contributed by atoms with van der Waals surface area (Å²) < 4.78 is 23.6. The summed E-state index contributed by atoms with van der Waals surface area (Å²) in [5, 5.41) is 0.116. The van der Waals surface area contributed by atoms with Crippen LogP contribution in [-0.2, 0) is 18.6 Å². The first kappa shape index (κ1) is 15.7. The predicted octanol–water partition coefficient (Wildman–Crippen LogP) is 3.45. The average molecular weight is 309 g/mol. The summed E-state index contributed by atoms with van der Waals surface area (Å²) in [7, 11) is -1.92. The number of alkyl halides is 1. The second-order valence-electron chi connectivity index (χ2n) is 7.30. The predicted molar refractivity (Wildman–Crippen MR) is 76.6 cm³/mol. The Morgan fingerprint density at radius 3 is 2.16 bits per heavy atom. The molecule has 0 aromatic heterocycles. The molecule has 6 heteroatoms. The fourth-order valence-electron chi connectivity index (χ4n) is 2.08. The van der Waals surface area contributed by atoms with Gasteiger partial charge in [-0.05, 0) is 32.0 Å². The minimum absolute atomic E-state index is 0.116. The zero-order valence-electron chi connectivity index (χ0n) is 12.8. The Morgan fingerprint density at radius 2 is 1.63 bits per heavy atom. The van der Waals surface area contributed by atoms with Crippen molar-refractivity contribution in [2.75, 3.05) is 0 Å². The Hall–Kier alpha value is 0.347. The highest BCUT2D eigenvalue weighted by Gasteiger charge is 2.57. The molecule has 2 aliphatic rings. The number of fused-ring (bicyclic) bond motifs is 1. The van der Waals surface area contributed by atoms with E-state index >= 15 is 0 Å². The maximum atomic E-state index is 6.27. The van der Waals surface area contributed by atoms with Crippen LogP contribution in [-0.4, -0.2) is 38.2 Å². The van der Waals surface area contributed by atoms with Crippen molar-refractivity contribution >= 4 is 19.9 Å². The van der Waals surface area contributed by atoms with E-state index in [2.05, 4.69) is 33.9 Å². The van der Waals surface area contributed by atoms with Crippen molar-refractivity contribution in [3.05, 3.63) is 0 Å². The number of rotatable bonds is 2. The van der Waals surface area contributed by atoms with Crippen LogP contribution in [0, 0.1) is 0 Å². The van der Waals surface area contributed by atoms with Crippen LogP contribution in [0.1, 0.15) is 34.6 Å². The summed E-state index contributed by atoms with van der Waals surface area (Å²) in [6, 6.07) is 0. The van der Waals surface area contributed by atoms with E-state index in [4.69, 9.17) is 30.2 Å². The zero-order valence-corrected chi connectivity index (χ0v) is 14.6. The summed E-state index contributed by atoms with van der Waals surface area (Å²) in [4.78, 5) is 0. The molecule has 0 aromatic carbocycles. The second kappa shape index (κ2) is 4.68. The standard InChI is InChI=1S/C13H25ClO4Si/c1-12(2,3)19(6,7)18-11-9-8(10(14)15-11)16-13(4,5)17-9/h8-11H,1-7H3. The fraction of sp³-hybridized carbons (Fsp3) is 1.00. The van der Waals surface area contributed by atoms with Crippen molar-refractivity contribution in [1.82, 2.24) is 0 Å². The molecule has 0 aliphatic carbocycles. The van der Waals surface area contributed by atoms with Crippen LogP contribution >= 0.6 is 11.6 Å². The Labute approximate surface area is 121 Å². The molecule has 0 bridgehead atoms. The molecule has 4 unspecified atom stereocenters. The van der Waals surface area contributed by atoms with Crippen molar-refractivity contribution in [3.8, 4) is 0 Å². The number of hydrogen-bond acceptors (Lipinski definition) is 4. The van der Waals surface area contributed by atoms with Crippen LogP contribution in [0.2, 0.25) is 18.1 Å².